The number of hydrogen-bond acceptors (Lipinski definition) is 6. The van der Waals surface area contributed by atoms with Crippen LogP contribution in [0, 0.1) is 11.8 Å². The van der Waals surface area contributed by atoms with Gasteiger partial charge >= 0.3 is 6.09 Å². The van der Waals surface area contributed by atoms with Gasteiger partial charge in [0.2, 0.25) is 0 Å². The summed E-state index contributed by atoms with van der Waals surface area (Å²) in [6.07, 6.45) is 8.13. The van der Waals surface area contributed by atoms with Crippen molar-refractivity contribution in [2.75, 3.05) is 13.7 Å². The Labute approximate surface area is 252 Å². The van der Waals surface area contributed by atoms with Crippen LogP contribution in [0.15, 0.2) is 60.9 Å². The fourth-order valence-corrected chi connectivity index (χ4v) is 6.55. The number of Topliss-reactive ketones (excluding diaryl/α,β-unsaturated/α-hetero) is 1. The first-order valence-corrected chi connectivity index (χ1v) is 15.3. The molecule has 1 saturated heterocycles. The number of imidazole rings is 2. The van der Waals surface area contributed by atoms with Gasteiger partial charge in [-0.25, -0.2) is 14.8 Å². The lowest BCUT2D eigenvalue weighted by atomic mass is 9.84. The Morgan fingerprint density at radius 1 is 0.814 bits per heavy atom. The molecule has 9 heteroatoms. The molecular formula is C34H40N6O3. The minimum atomic E-state index is -0.583. The normalized spacial score (nSPS) is 20.8. The standard InChI is InChI=1S/C34H40N6O3/c1-20(2)30(40-34(42)43-3)31(41)25-6-4-7-26(25)32-36-18-28(38-32)23-13-9-21(10-14-23)22-11-15-24(16-12-22)29-19-37-33(39-29)27-8-5-17-35-27/h9-16,18-20,25-27,30,35H,4-8,17H2,1-3H3,(H,36,38)(H,37,39)(H,40,42)/t25?,26-,27+,30+/m1/s1. The Kier molecular flexibility index (Phi) is 8.42. The van der Waals surface area contributed by atoms with E-state index in [2.05, 4.69) is 74.1 Å². The highest BCUT2D eigenvalue weighted by molar-refractivity contribution is 5.90. The van der Waals surface area contributed by atoms with Crippen LogP contribution >= 0.6 is 0 Å². The molecule has 1 amide bonds. The molecule has 2 aliphatic rings. The van der Waals surface area contributed by atoms with Crippen molar-refractivity contribution in [2.45, 2.75) is 64.0 Å². The van der Waals surface area contributed by atoms with E-state index >= 15 is 0 Å². The third-order valence-electron chi connectivity index (χ3n) is 8.97. The number of methoxy groups -OCH3 is 1. The number of ketones is 1. The van der Waals surface area contributed by atoms with Crippen LogP contribution in [-0.4, -0.2) is 51.5 Å². The van der Waals surface area contributed by atoms with Crippen LogP contribution in [0.4, 0.5) is 4.79 Å². The predicted molar refractivity (Wildman–Crippen MR) is 166 cm³/mol. The minimum Gasteiger partial charge on any atom is -0.453 e. The van der Waals surface area contributed by atoms with Crippen LogP contribution in [-0.2, 0) is 9.53 Å². The Bertz CT molecular complexity index is 1550. The van der Waals surface area contributed by atoms with Gasteiger partial charge in [0.25, 0.3) is 0 Å². The fraction of sp³-hybridized carbons (Fsp3) is 0.412. The van der Waals surface area contributed by atoms with Gasteiger partial charge in [0.1, 0.15) is 11.6 Å². The summed E-state index contributed by atoms with van der Waals surface area (Å²) in [7, 11) is 1.31. The molecule has 0 bridgehead atoms. The summed E-state index contributed by atoms with van der Waals surface area (Å²) in [5, 5.41) is 6.23. The summed E-state index contributed by atoms with van der Waals surface area (Å²) in [6.45, 7) is 4.93. The molecule has 1 saturated carbocycles. The fourth-order valence-electron chi connectivity index (χ4n) is 6.55. The summed E-state index contributed by atoms with van der Waals surface area (Å²) in [4.78, 5) is 41.7. The quantitative estimate of drug-likeness (QED) is 0.182. The number of rotatable bonds is 9. The molecule has 2 fully saturated rings. The first-order chi connectivity index (χ1) is 20.9. The lowest BCUT2D eigenvalue weighted by Gasteiger charge is -2.26. The van der Waals surface area contributed by atoms with Crippen molar-refractivity contribution in [1.82, 2.24) is 30.6 Å². The third kappa shape index (κ3) is 6.13. The third-order valence-corrected chi connectivity index (χ3v) is 8.97. The molecule has 1 unspecified atom stereocenters. The van der Waals surface area contributed by atoms with Gasteiger partial charge in [-0.05, 0) is 60.4 Å². The number of benzene rings is 2. The highest BCUT2D eigenvalue weighted by Gasteiger charge is 2.40. The van der Waals surface area contributed by atoms with E-state index in [1.165, 1.54) is 13.5 Å². The van der Waals surface area contributed by atoms with Gasteiger partial charge in [0.05, 0.1) is 43.0 Å². The summed E-state index contributed by atoms with van der Waals surface area (Å²) >= 11 is 0. The predicted octanol–water partition coefficient (Wildman–Crippen LogP) is 6.39. The van der Waals surface area contributed by atoms with Crippen LogP contribution in [0.25, 0.3) is 33.6 Å². The SMILES string of the molecule is COC(=O)N[C@H](C(=O)C1CCC[C@H]1c1ncc(-c2ccc(-c3ccc(-c4cnc([C@@H]5CCCN5)[nH]4)cc3)cc2)[nH]1)C(C)C. The molecule has 3 heterocycles. The van der Waals surface area contributed by atoms with E-state index in [-0.39, 0.29) is 23.5 Å². The van der Waals surface area contributed by atoms with E-state index in [0.717, 1.165) is 77.5 Å². The molecule has 0 radical (unpaired) electrons. The number of H-pyrrole nitrogens is 2. The van der Waals surface area contributed by atoms with Crippen molar-refractivity contribution in [3.63, 3.8) is 0 Å². The molecule has 4 N–H and O–H groups in total. The van der Waals surface area contributed by atoms with Gasteiger partial charge in [-0.3, -0.25) is 4.79 Å². The number of carbonyl (C=O) groups is 2. The number of alkyl carbamates (subject to hydrolysis) is 1. The number of hydrogen-bond donors (Lipinski definition) is 4. The highest BCUT2D eigenvalue weighted by atomic mass is 16.5. The molecule has 9 nitrogen and oxygen atoms in total. The zero-order valence-corrected chi connectivity index (χ0v) is 25.0. The van der Waals surface area contributed by atoms with E-state index in [9.17, 15) is 9.59 Å². The second-order valence-electron chi connectivity index (χ2n) is 12.1. The second-order valence-corrected chi connectivity index (χ2v) is 12.1. The molecule has 43 heavy (non-hydrogen) atoms. The topological polar surface area (TPSA) is 125 Å². The summed E-state index contributed by atoms with van der Waals surface area (Å²) in [5.74, 6) is 1.67. The van der Waals surface area contributed by atoms with Gasteiger partial charge in [-0.2, -0.15) is 0 Å². The average molecular weight is 581 g/mol. The first-order valence-electron chi connectivity index (χ1n) is 15.3. The van der Waals surface area contributed by atoms with Crippen LogP contribution in [0.1, 0.15) is 69.6 Å². The van der Waals surface area contributed by atoms with E-state index in [1.54, 1.807) is 0 Å². The Morgan fingerprint density at radius 2 is 1.40 bits per heavy atom. The van der Waals surface area contributed by atoms with Crippen molar-refractivity contribution in [3.05, 3.63) is 72.6 Å². The molecule has 2 aromatic carbocycles. The number of nitrogens with one attached hydrogen (secondary N) is 4. The van der Waals surface area contributed by atoms with Crippen LogP contribution in [0.2, 0.25) is 0 Å². The monoisotopic (exact) mass is 580 g/mol. The molecule has 2 aromatic heterocycles. The van der Waals surface area contributed by atoms with Crippen LogP contribution < -0.4 is 10.6 Å². The van der Waals surface area contributed by atoms with Gasteiger partial charge in [0, 0.05) is 11.8 Å². The number of ether oxygens (including phenoxy) is 1. The van der Waals surface area contributed by atoms with E-state index in [0.29, 0.717) is 6.04 Å². The van der Waals surface area contributed by atoms with Gasteiger partial charge in [0.15, 0.2) is 5.78 Å². The van der Waals surface area contributed by atoms with Gasteiger partial charge in [-0.1, -0.05) is 68.8 Å². The molecule has 1 aliphatic heterocycles. The lowest BCUT2D eigenvalue weighted by molar-refractivity contribution is -0.126. The molecule has 6 rings (SSSR count). The number of carbonyl (C=O) groups excluding carboxylic acids is 2. The van der Waals surface area contributed by atoms with Gasteiger partial charge < -0.3 is 25.3 Å². The van der Waals surface area contributed by atoms with Crippen molar-refractivity contribution in [1.29, 1.82) is 0 Å². The zero-order chi connectivity index (χ0) is 29.9. The molecule has 4 aromatic rings. The molecule has 0 spiro atoms. The number of nitrogens with zero attached hydrogens (tertiary/aromatic N) is 2. The van der Waals surface area contributed by atoms with Crippen LogP contribution in [0.5, 0.6) is 0 Å². The average Bonchev–Trinajstić information content (AvgIpc) is 3.86. The van der Waals surface area contributed by atoms with E-state index in [4.69, 9.17) is 9.72 Å². The Balaban J connectivity index is 1.13. The minimum absolute atomic E-state index is 0.000105. The van der Waals surface area contributed by atoms with Crippen molar-refractivity contribution in [2.24, 2.45) is 11.8 Å². The van der Waals surface area contributed by atoms with Crippen molar-refractivity contribution >= 4 is 11.9 Å². The lowest BCUT2D eigenvalue weighted by Crippen LogP contribution is -2.47. The maximum Gasteiger partial charge on any atom is 0.407 e. The smallest absolute Gasteiger partial charge is 0.407 e. The molecule has 1 aliphatic carbocycles. The van der Waals surface area contributed by atoms with Crippen molar-refractivity contribution < 1.29 is 14.3 Å². The molecular weight excluding hydrogens is 540 g/mol. The zero-order valence-electron chi connectivity index (χ0n) is 25.0. The van der Waals surface area contributed by atoms with Crippen molar-refractivity contribution in [3.8, 4) is 33.6 Å². The summed E-state index contributed by atoms with van der Waals surface area (Å²) in [6, 6.07) is 16.7. The summed E-state index contributed by atoms with van der Waals surface area (Å²) in [5.41, 5.74) is 6.39. The second kappa shape index (κ2) is 12.6. The number of aromatic nitrogens is 4. The Morgan fingerprint density at radius 3 is 1.95 bits per heavy atom. The molecule has 4 atom stereocenters. The first kappa shape index (κ1) is 28.9. The maximum absolute atomic E-state index is 13.5. The number of aromatic amines is 2. The largest absolute Gasteiger partial charge is 0.453 e. The Hall–Kier alpha value is -4.24. The highest BCUT2D eigenvalue weighted by Crippen LogP contribution is 2.40. The number of amides is 1. The summed E-state index contributed by atoms with van der Waals surface area (Å²) < 4.78 is 4.76. The van der Waals surface area contributed by atoms with Gasteiger partial charge in [-0.15, -0.1) is 0 Å². The maximum atomic E-state index is 13.5. The van der Waals surface area contributed by atoms with E-state index < -0.39 is 12.1 Å². The molecule has 224 valence electrons. The van der Waals surface area contributed by atoms with Crippen LogP contribution in [0.3, 0.4) is 0 Å². The van der Waals surface area contributed by atoms with E-state index in [1.807, 2.05) is 26.2 Å².